The number of aromatic nitrogens is 2. The number of ether oxygens (including phenoxy) is 1. The molecular formula is C9H12BrN3O. The molecule has 76 valence electrons. The van der Waals surface area contributed by atoms with Crippen molar-refractivity contribution in [2.75, 3.05) is 19.7 Å². The Bertz CT molecular complexity index is 302. The Morgan fingerprint density at radius 3 is 3.29 bits per heavy atom. The van der Waals surface area contributed by atoms with E-state index in [4.69, 9.17) is 4.74 Å². The van der Waals surface area contributed by atoms with Crippen molar-refractivity contribution in [2.24, 2.45) is 5.92 Å². The van der Waals surface area contributed by atoms with Crippen molar-refractivity contribution in [1.82, 2.24) is 15.3 Å². The van der Waals surface area contributed by atoms with Gasteiger partial charge in [0.25, 0.3) is 0 Å². The molecule has 14 heavy (non-hydrogen) atoms. The molecule has 0 aromatic carbocycles. The lowest BCUT2D eigenvalue weighted by atomic mass is 10.1. The van der Waals surface area contributed by atoms with Crippen LogP contribution in [-0.2, 0) is 0 Å². The highest BCUT2D eigenvalue weighted by atomic mass is 79.9. The maximum absolute atomic E-state index is 5.58. The lowest BCUT2D eigenvalue weighted by molar-refractivity contribution is 0.249. The maximum atomic E-state index is 5.58. The molecule has 1 aliphatic rings. The number of halogens is 1. The van der Waals surface area contributed by atoms with Crippen molar-refractivity contribution < 1.29 is 4.74 Å². The average Bonchev–Trinajstić information content (AvgIpc) is 2.69. The van der Waals surface area contributed by atoms with Gasteiger partial charge >= 0.3 is 0 Å². The van der Waals surface area contributed by atoms with Gasteiger partial charge in [0.05, 0.1) is 11.1 Å². The van der Waals surface area contributed by atoms with Crippen LogP contribution in [0.15, 0.2) is 17.0 Å². The summed E-state index contributed by atoms with van der Waals surface area (Å²) in [6.45, 7) is 2.87. The molecule has 2 rings (SSSR count). The monoisotopic (exact) mass is 257 g/mol. The van der Waals surface area contributed by atoms with Crippen LogP contribution in [0.3, 0.4) is 0 Å². The van der Waals surface area contributed by atoms with Crippen molar-refractivity contribution in [2.45, 2.75) is 6.42 Å². The number of hydrogen-bond acceptors (Lipinski definition) is 4. The predicted molar refractivity (Wildman–Crippen MR) is 56.2 cm³/mol. The first kappa shape index (κ1) is 9.86. The molecule has 4 nitrogen and oxygen atoms in total. The van der Waals surface area contributed by atoms with Crippen molar-refractivity contribution in [3.8, 4) is 5.88 Å². The molecule has 1 saturated heterocycles. The van der Waals surface area contributed by atoms with Crippen molar-refractivity contribution in [3.05, 3.63) is 17.0 Å². The number of hydrogen-bond donors (Lipinski definition) is 1. The van der Waals surface area contributed by atoms with E-state index in [0.717, 1.165) is 24.2 Å². The van der Waals surface area contributed by atoms with Crippen LogP contribution >= 0.6 is 15.9 Å². The predicted octanol–water partition coefficient (Wildman–Crippen LogP) is 1.23. The molecule has 0 aliphatic carbocycles. The summed E-state index contributed by atoms with van der Waals surface area (Å²) in [5, 5.41) is 3.30. The fourth-order valence-electron chi connectivity index (χ4n) is 1.46. The average molecular weight is 258 g/mol. The number of nitrogens with zero attached hydrogens (tertiary/aromatic N) is 2. The first-order valence-electron chi connectivity index (χ1n) is 4.65. The van der Waals surface area contributed by atoms with Gasteiger partial charge in [-0.2, -0.15) is 0 Å². The van der Waals surface area contributed by atoms with Gasteiger partial charge in [-0.05, 0) is 28.9 Å². The van der Waals surface area contributed by atoms with E-state index < -0.39 is 0 Å². The van der Waals surface area contributed by atoms with Crippen molar-refractivity contribution >= 4 is 15.9 Å². The lowest BCUT2D eigenvalue weighted by Gasteiger charge is -2.10. The fourth-order valence-corrected chi connectivity index (χ4v) is 1.80. The van der Waals surface area contributed by atoms with Gasteiger partial charge in [-0.3, -0.25) is 0 Å². The van der Waals surface area contributed by atoms with E-state index in [0.29, 0.717) is 11.8 Å². The lowest BCUT2D eigenvalue weighted by Crippen LogP contribution is -2.16. The van der Waals surface area contributed by atoms with E-state index in [1.807, 2.05) is 0 Å². The second kappa shape index (κ2) is 4.70. The van der Waals surface area contributed by atoms with Gasteiger partial charge in [0, 0.05) is 18.7 Å². The highest BCUT2D eigenvalue weighted by Gasteiger charge is 2.15. The van der Waals surface area contributed by atoms with Gasteiger partial charge in [0.1, 0.15) is 6.33 Å². The van der Waals surface area contributed by atoms with E-state index in [1.165, 1.54) is 12.7 Å². The molecule has 1 aromatic rings. The second-order valence-electron chi connectivity index (χ2n) is 3.35. The third-order valence-corrected chi connectivity index (χ3v) is 2.80. The third kappa shape index (κ3) is 2.42. The summed E-state index contributed by atoms with van der Waals surface area (Å²) in [7, 11) is 0. The summed E-state index contributed by atoms with van der Waals surface area (Å²) in [4.78, 5) is 7.91. The van der Waals surface area contributed by atoms with E-state index in [2.05, 4.69) is 31.2 Å². The molecule has 0 amide bonds. The molecule has 0 bridgehead atoms. The van der Waals surface area contributed by atoms with Crippen LogP contribution in [0, 0.1) is 5.92 Å². The second-order valence-corrected chi connectivity index (χ2v) is 4.20. The van der Waals surface area contributed by atoms with Crippen molar-refractivity contribution in [1.29, 1.82) is 0 Å². The Kier molecular flexibility index (Phi) is 3.31. The first-order valence-corrected chi connectivity index (χ1v) is 5.44. The quantitative estimate of drug-likeness (QED) is 0.885. The molecule has 1 atom stereocenters. The molecule has 0 spiro atoms. The summed E-state index contributed by atoms with van der Waals surface area (Å²) in [6, 6.07) is 0. The fraction of sp³-hybridized carbons (Fsp3) is 0.556. The van der Waals surface area contributed by atoms with Gasteiger partial charge in [-0.1, -0.05) is 0 Å². The molecule has 1 aromatic heterocycles. The summed E-state index contributed by atoms with van der Waals surface area (Å²) in [5.41, 5.74) is 0. The molecule has 1 aliphatic heterocycles. The number of rotatable bonds is 3. The minimum Gasteiger partial charge on any atom is -0.476 e. The molecule has 2 heterocycles. The molecule has 0 radical (unpaired) electrons. The molecule has 1 N–H and O–H groups in total. The van der Waals surface area contributed by atoms with Crippen LogP contribution in [0.2, 0.25) is 0 Å². The molecule has 5 heteroatoms. The van der Waals surface area contributed by atoms with Gasteiger partial charge in [0.15, 0.2) is 0 Å². The highest BCUT2D eigenvalue weighted by Crippen LogP contribution is 2.20. The molecule has 1 unspecified atom stereocenters. The zero-order valence-electron chi connectivity index (χ0n) is 7.74. The van der Waals surface area contributed by atoms with E-state index >= 15 is 0 Å². The van der Waals surface area contributed by atoms with Crippen LogP contribution in [0.1, 0.15) is 6.42 Å². The Morgan fingerprint density at radius 1 is 1.64 bits per heavy atom. The van der Waals surface area contributed by atoms with Gasteiger partial charge in [-0.15, -0.1) is 0 Å². The molecule has 0 saturated carbocycles. The molecular weight excluding hydrogens is 246 g/mol. The van der Waals surface area contributed by atoms with Crippen LogP contribution in [-0.4, -0.2) is 29.7 Å². The largest absolute Gasteiger partial charge is 0.476 e. The number of nitrogens with one attached hydrogen (secondary N) is 1. The summed E-state index contributed by atoms with van der Waals surface area (Å²) >= 11 is 3.34. The highest BCUT2D eigenvalue weighted by molar-refractivity contribution is 9.10. The molecule has 1 fully saturated rings. The minimum atomic E-state index is 0.608. The standard InChI is InChI=1S/C9H12BrN3O/c10-8-4-12-6-13-9(8)14-5-7-1-2-11-3-7/h4,6-7,11H,1-3,5H2. The zero-order chi connectivity index (χ0) is 9.80. The first-order chi connectivity index (χ1) is 6.86. The Labute approximate surface area is 91.2 Å². The van der Waals surface area contributed by atoms with Gasteiger partial charge in [0.2, 0.25) is 5.88 Å². The van der Waals surface area contributed by atoms with Crippen molar-refractivity contribution in [3.63, 3.8) is 0 Å². The summed E-state index contributed by atoms with van der Waals surface area (Å²) in [5.74, 6) is 1.24. The smallest absolute Gasteiger partial charge is 0.231 e. The van der Waals surface area contributed by atoms with Crippen LogP contribution in [0.4, 0.5) is 0 Å². The summed E-state index contributed by atoms with van der Waals surface area (Å²) in [6.07, 6.45) is 4.37. The van der Waals surface area contributed by atoms with Crippen LogP contribution < -0.4 is 10.1 Å². The normalized spacial score (nSPS) is 21.1. The minimum absolute atomic E-state index is 0.608. The van der Waals surface area contributed by atoms with Crippen LogP contribution in [0.5, 0.6) is 5.88 Å². The SMILES string of the molecule is Brc1cncnc1OCC1CCNC1. The topological polar surface area (TPSA) is 47.0 Å². The maximum Gasteiger partial charge on any atom is 0.231 e. The Balaban J connectivity index is 1.88. The van der Waals surface area contributed by atoms with E-state index in [1.54, 1.807) is 6.20 Å². The van der Waals surface area contributed by atoms with Gasteiger partial charge in [-0.25, -0.2) is 9.97 Å². The summed E-state index contributed by atoms with van der Waals surface area (Å²) < 4.78 is 6.39. The van der Waals surface area contributed by atoms with E-state index in [-0.39, 0.29) is 0 Å². The zero-order valence-corrected chi connectivity index (χ0v) is 9.33. The Morgan fingerprint density at radius 2 is 2.57 bits per heavy atom. The van der Waals surface area contributed by atoms with E-state index in [9.17, 15) is 0 Å². The van der Waals surface area contributed by atoms with Crippen LogP contribution in [0.25, 0.3) is 0 Å². The third-order valence-electron chi connectivity index (χ3n) is 2.25. The van der Waals surface area contributed by atoms with Gasteiger partial charge < -0.3 is 10.1 Å². The Hall–Kier alpha value is -0.680.